The maximum Gasteiger partial charge on any atom is 0.257 e. The monoisotopic (exact) mass is 465 g/mol. The first-order valence-electron chi connectivity index (χ1n) is 11.8. The summed E-state index contributed by atoms with van der Waals surface area (Å²) in [5, 5.41) is 0. The molecule has 8 heteroatoms. The molecule has 4 rings (SSSR count). The van der Waals surface area contributed by atoms with Crippen LogP contribution in [-0.4, -0.2) is 71.0 Å². The number of hydrogen-bond donors (Lipinski definition) is 0. The zero-order chi connectivity index (χ0) is 24.3. The van der Waals surface area contributed by atoms with Gasteiger partial charge in [0.1, 0.15) is 17.9 Å². The van der Waals surface area contributed by atoms with Crippen LogP contribution in [0.5, 0.6) is 11.5 Å². The van der Waals surface area contributed by atoms with Gasteiger partial charge in [0.15, 0.2) is 11.6 Å². The highest BCUT2D eigenvalue weighted by molar-refractivity contribution is 5.97. The molecule has 1 aromatic heterocycles. The van der Waals surface area contributed by atoms with Gasteiger partial charge in [0, 0.05) is 31.1 Å². The molecule has 0 N–H and O–H groups in total. The molecule has 0 atom stereocenters. The largest absolute Gasteiger partial charge is 0.451 e. The molecule has 2 aromatic rings. The summed E-state index contributed by atoms with van der Waals surface area (Å²) in [5.41, 5.74) is 0.453. The van der Waals surface area contributed by atoms with Crippen molar-refractivity contribution >= 4 is 11.7 Å². The van der Waals surface area contributed by atoms with Crippen LogP contribution >= 0.6 is 0 Å². The Labute approximate surface area is 200 Å². The molecular formula is C26H32FN5O2. The van der Waals surface area contributed by atoms with Gasteiger partial charge in [-0.25, -0.2) is 14.4 Å². The lowest BCUT2D eigenvalue weighted by molar-refractivity contribution is 0.0713. The Morgan fingerprint density at radius 2 is 2.03 bits per heavy atom. The molecule has 34 heavy (non-hydrogen) atoms. The van der Waals surface area contributed by atoms with Crippen molar-refractivity contribution in [3.05, 3.63) is 42.1 Å². The van der Waals surface area contributed by atoms with Crippen molar-refractivity contribution in [1.82, 2.24) is 19.8 Å². The smallest absolute Gasteiger partial charge is 0.257 e. The van der Waals surface area contributed by atoms with Crippen molar-refractivity contribution in [3.8, 4) is 23.8 Å². The quantitative estimate of drug-likeness (QED) is 0.580. The van der Waals surface area contributed by atoms with Gasteiger partial charge in [-0.1, -0.05) is 5.92 Å². The van der Waals surface area contributed by atoms with Gasteiger partial charge < -0.3 is 14.5 Å². The number of anilines is 1. The minimum Gasteiger partial charge on any atom is -0.451 e. The number of amides is 1. The van der Waals surface area contributed by atoms with Crippen LogP contribution in [0.25, 0.3) is 0 Å². The van der Waals surface area contributed by atoms with E-state index in [-0.39, 0.29) is 22.9 Å². The molecule has 1 aromatic carbocycles. The molecule has 7 nitrogen and oxygen atoms in total. The highest BCUT2D eigenvalue weighted by Crippen LogP contribution is 2.44. The molecular weight excluding hydrogens is 433 g/mol. The number of terminal acetylenes is 1. The summed E-state index contributed by atoms with van der Waals surface area (Å²) >= 11 is 0. The molecule has 2 saturated heterocycles. The van der Waals surface area contributed by atoms with Crippen LogP contribution in [-0.2, 0) is 0 Å². The maximum atomic E-state index is 14.1. The first-order valence-corrected chi connectivity index (χ1v) is 11.8. The second-order valence-corrected chi connectivity index (χ2v) is 9.47. The number of aromatic nitrogens is 2. The fraction of sp³-hybridized carbons (Fsp3) is 0.500. The fourth-order valence-electron chi connectivity index (χ4n) is 4.94. The summed E-state index contributed by atoms with van der Waals surface area (Å²) in [6, 6.07) is 4.00. The van der Waals surface area contributed by atoms with Crippen molar-refractivity contribution in [1.29, 1.82) is 0 Å². The Balaban J connectivity index is 1.52. The predicted molar refractivity (Wildman–Crippen MR) is 130 cm³/mol. The normalized spacial score (nSPS) is 17.4. The SMILES string of the molecule is C#CCN1CCC2(CC1)CN(c1ncncc1Oc1ccc(F)cc1C(=O)N(CC)C(C)C)C2. The second-order valence-electron chi connectivity index (χ2n) is 9.47. The third-order valence-electron chi connectivity index (χ3n) is 6.86. The average molecular weight is 466 g/mol. The number of rotatable bonds is 7. The summed E-state index contributed by atoms with van der Waals surface area (Å²) < 4.78 is 20.3. The summed E-state index contributed by atoms with van der Waals surface area (Å²) in [4.78, 5) is 27.9. The van der Waals surface area contributed by atoms with Crippen LogP contribution < -0.4 is 9.64 Å². The summed E-state index contributed by atoms with van der Waals surface area (Å²) in [6.45, 7) is 10.8. The Morgan fingerprint density at radius 3 is 2.68 bits per heavy atom. The van der Waals surface area contributed by atoms with E-state index in [0.717, 1.165) is 39.0 Å². The molecule has 0 bridgehead atoms. The molecule has 0 unspecified atom stereocenters. The highest BCUT2D eigenvalue weighted by atomic mass is 19.1. The molecule has 2 fully saturated rings. The van der Waals surface area contributed by atoms with E-state index in [0.29, 0.717) is 30.4 Å². The zero-order valence-electron chi connectivity index (χ0n) is 20.1. The first kappa shape index (κ1) is 24.0. The van der Waals surface area contributed by atoms with Gasteiger partial charge >= 0.3 is 0 Å². The molecule has 2 aliphatic rings. The second kappa shape index (κ2) is 9.98. The Bertz CT molecular complexity index is 1070. The number of hydrogen-bond acceptors (Lipinski definition) is 6. The van der Waals surface area contributed by atoms with Crippen LogP contribution in [0.1, 0.15) is 44.0 Å². The van der Waals surface area contributed by atoms with E-state index >= 15 is 0 Å². The number of likely N-dealkylation sites (tertiary alicyclic amines) is 1. The van der Waals surface area contributed by atoms with E-state index in [1.54, 1.807) is 11.1 Å². The molecule has 0 saturated carbocycles. The summed E-state index contributed by atoms with van der Waals surface area (Å²) in [7, 11) is 0. The third kappa shape index (κ3) is 4.85. The Morgan fingerprint density at radius 1 is 1.29 bits per heavy atom. The number of halogens is 1. The van der Waals surface area contributed by atoms with Crippen LogP contribution in [0.3, 0.4) is 0 Å². The molecule has 180 valence electrons. The third-order valence-corrected chi connectivity index (χ3v) is 6.86. The van der Waals surface area contributed by atoms with Gasteiger partial charge in [0.05, 0.1) is 18.3 Å². The van der Waals surface area contributed by atoms with E-state index in [9.17, 15) is 9.18 Å². The summed E-state index contributed by atoms with van der Waals surface area (Å²) in [5.74, 6) is 3.40. The van der Waals surface area contributed by atoms with Crippen molar-refractivity contribution in [3.63, 3.8) is 0 Å². The van der Waals surface area contributed by atoms with E-state index in [1.807, 2.05) is 20.8 Å². The lowest BCUT2D eigenvalue weighted by atomic mass is 9.72. The number of carbonyl (C=O) groups is 1. The standard InChI is InChI=1S/C26H32FN5O2/c1-5-11-30-12-9-26(10-13-30)16-31(17-26)24-23(15-28-18-29-24)34-22-8-7-20(27)14-21(22)25(33)32(6-2)19(3)4/h1,7-8,14-15,18-19H,6,9-13,16-17H2,2-4H3. The number of carbonyl (C=O) groups excluding carboxylic acids is 1. The van der Waals surface area contributed by atoms with Gasteiger partial charge in [-0.3, -0.25) is 9.69 Å². The number of ether oxygens (including phenoxy) is 1. The zero-order valence-corrected chi connectivity index (χ0v) is 20.1. The van der Waals surface area contributed by atoms with Crippen molar-refractivity contribution < 1.29 is 13.9 Å². The molecule has 1 amide bonds. The first-order chi connectivity index (χ1) is 16.4. The van der Waals surface area contributed by atoms with Crippen LogP contribution in [0.4, 0.5) is 10.2 Å². The van der Waals surface area contributed by atoms with E-state index in [4.69, 9.17) is 11.2 Å². The minimum atomic E-state index is -0.485. The highest BCUT2D eigenvalue weighted by Gasteiger charge is 2.46. The van der Waals surface area contributed by atoms with Crippen molar-refractivity contribution in [2.75, 3.05) is 44.2 Å². The molecule has 0 radical (unpaired) electrons. The van der Waals surface area contributed by atoms with Crippen LogP contribution in [0.15, 0.2) is 30.7 Å². The molecule has 1 spiro atoms. The fourth-order valence-corrected chi connectivity index (χ4v) is 4.94. The van der Waals surface area contributed by atoms with Crippen LogP contribution in [0.2, 0.25) is 0 Å². The lowest BCUT2D eigenvalue weighted by Crippen LogP contribution is -2.60. The number of benzene rings is 1. The predicted octanol–water partition coefficient (Wildman–Crippen LogP) is 3.81. The topological polar surface area (TPSA) is 61.8 Å². The van der Waals surface area contributed by atoms with E-state index < -0.39 is 5.82 Å². The maximum absolute atomic E-state index is 14.1. The van der Waals surface area contributed by atoms with E-state index in [2.05, 4.69) is 25.7 Å². The van der Waals surface area contributed by atoms with Crippen molar-refractivity contribution in [2.24, 2.45) is 5.41 Å². The van der Waals surface area contributed by atoms with Gasteiger partial charge in [0.25, 0.3) is 5.91 Å². The summed E-state index contributed by atoms with van der Waals surface area (Å²) in [6.07, 6.45) is 10.8. The van der Waals surface area contributed by atoms with Crippen LogP contribution in [0, 0.1) is 23.6 Å². The molecule has 3 heterocycles. The van der Waals surface area contributed by atoms with E-state index in [1.165, 1.54) is 24.5 Å². The minimum absolute atomic E-state index is 0.0198. The van der Waals surface area contributed by atoms with Gasteiger partial charge in [-0.05, 0) is 64.9 Å². The molecule has 0 aliphatic carbocycles. The lowest BCUT2D eigenvalue weighted by Gasteiger charge is -2.54. The molecule has 2 aliphatic heterocycles. The number of piperidine rings is 1. The van der Waals surface area contributed by atoms with Gasteiger partial charge in [-0.15, -0.1) is 6.42 Å². The van der Waals surface area contributed by atoms with Gasteiger partial charge in [-0.2, -0.15) is 0 Å². The van der Waals surface area contributed by atoms with Crippen molar-refractivity contribution in [2.45, 2.75) is 39.7 Å². The van der Waals surface area contributed by atoms with Gasteiger partial charge in [0.2, 0.25) is 0 Å². The Kier molecular flexibility index (Phi) is 7.03. The average Bonchev–Trinajstić information content (AvgIpc) is 2.80. The Hall–Kier alpha value is -3.18. The number of nitrogens with zero attached hydrogens (tertiary/aromatic N) is 5.